The second-order valence-electron chi connectivity index (χ2n) is 3.72. The van der Waals surface area contributed by atoms with E-state index in [9.17, 15) is 4.79 Å². The zero-order valence-corrected chi connectivity index (χ0v) is 10.1. The summed E-state index contributed by atoms with van der Waals surface area (Å²) < 4.78 is 4.86. The number of rotatable bonds is 5. The van der Waals surface area contributed by atoms with Crippen molar-refractivity contribution in [2.45, 2.75) is 19.8 Å². The number of aromatic nitrogens is 1. The standard InChI is InChI=1S/C12H18N2O2/c1-4-16-12(15)8-6-10-5-7-11(13-9-10)14(2)3/h5,7,9H,4,6,8H2,1-3H3. The van der Waals surface area contributed by atoms with Gasteiger partial charge in [-0.25, -0.2) is 4.98 Å². The van der Waals surface area contributed by atoms with Crippen LogP contribution in [0.5, 0.6) is 0 Å². The third-order valence-electron chi connectivity index (χ3n) is 2.19. The van der Waals surface area contributed by atoms with Crippen LogP contribution in [-0.4, -0.2) is 31.7 Å². The van der Waals surface area contributed by atoms with Gasteiger partial charge in [0.15, 0.2) is 0 Å². The lowest BCUT2D eigenvalue weighted by Gasteiger charge is -2.11. The lowest BCUT2D eigenvalue weighted by atomic mass is 10.1. The molecule has 0 aliphatic carbocycles. The molecule has 0 radical (unpaired) electrons. The van der Waals surface area contributed by atoms with Gasteiger partial charge in [-0.05, 0) is 25.0 Å². The monoisotopic (exact) mass is 222 g/mol. The molecule has 88 valence electrons. The normalized spacial score (nSPS) is 9.94. The molecule has 1 rings (SSSR count). The predicted molar refractivity (Wildman–Crippen MR) is 63.5 cm³/mol. The number of pyridine rings is 1. The van der Waals surface area contributed by atoms with Crippen molar-refractivity contribution in [1.82, 2.24) is 4.98 Å². The summed E-state index contributed by atoms with van der Waals surface area (Å²) in [5.74, 6) is 0.763. The SMILES string of the molecule is CCOC(=O)CCc1ccc(N(C)C)nc1. The van der Waals surface area contributed by atoms with Crippen molar-refractivity contribution in [2.24, 2.45) is 0 Å². The molecular weight excluding hydrogens is 204 g/mol. The Morgan fingerprint density at radius 1 is 1.44 bits per heavy atom. The lowest BCUT2D eigenvalue weighted by molar-refractivity contribution is -0.143. The average Bonchev–Trinajstić information content (AvgIpc) is 2.27. The molecule has 0 fully saturated rings. The quantitative estimate of drug-likeness (QED) is 0.710. The van der Waals surface area contributed by atoms with E-state index in [1.807, 2.05) is 38.1 Å². The zero-order chi connectivity index (χ0) is 12.0. The van der Waals surface area contributed by atoms with Crippen molar-refractivity contribution < 1.29 is 9.53 Å². The van der Waals surface area contributed by atoms with Crippen LogP contribution in [0.25, 0.3) is 0 Å². The van der Waals surface area contributed by atoms with E-state index in [0.29, 0.717) is 19.4 Å². The molecule has 0 aromatic carbocycles. The van der Waals surface area contributed by atoms with Gasteiger partial charge in [-0.3, -0.25) is 4.79 Å². The molecule has 0 atom stereocenters. The Morgan fingerprint density at radius 3 is 2.69 bits per heavy atom. The summed E-state index contributed by atoms with van der Waals surface area (Å²) in [4.78, 5) is 17.4. The van der Waals surface area contributed by atoms with Crippen molar-refractivity contribution in [2.75, 3.05) is 25.6 Å². The number of esters is 1. The predicted octanol–water partition coefficient (Wildman–Crippen LogP) is 1.64. The maximum atomic E-state index is 11.1. The number of aryl methyl sites for hydroxylation is 1. The summed E-state index contributed by atoms with van der Waals surface area (Å²) in [6.45, 7) is 2.25. The van der Waals surface area contributed by atoms with Crippen LogP contribution in [0, 0.1) is 0 Å². The van der Waals surface area contributed by atoms with Gasteiger partial charge >= 0.3 is 5.97 Å². The molecule has 0 bridgehead atoms. The van der Waals surface area contributed by atoms with Crippen LogP contribution in [0.15, 0.2) is 18.3 Å². The summed E-state index contributed by atoms with van der Waals surface area (Å²) in [7, 11) is 3.89. The van der Waals surface area contributed by atoms with Gasteiger partial charge in [0, 0.05) is 26.7 Å². The lowest BCUT2D eigenvalue weighted by Crippen LogP contribution is -2.10. The van der Waals surface area contributed by atoms with E-state index < -0.39 is 0 Å². The Labute approximate surface area is 96.2 Å². The third kappa shape index (κ3) is 3.88. The van der Waals surface area contributed by atoms with Crippen LogP contribution < -0.4 is 4.90 Å². The molecule has 0 saturated heterocycles. The smallest absolute Gasteiger partial charge is 0.306 e. The van der Waals surface area contributed by atoms with Crippen molar-refractivity contribution in [3.05, 3.63) is 23.9 Å². The van der Waals surface area contributed by atoms with Crippen LogP contribution in [0.1, 0.15) is 18.9 Å². The van der Waals surface area contributed by atoms with E-state index in [0.717, 1.165) is 11.4 Å². The Kier molecular flexibility index (Phi) is 4.76. The van der Waals surface area contributed by atoms with Crippen molar-refractivity contribution in [1.29, 1.82) is 0 Å². The largest absolute Gasteiger partial charge is 0.466 e. The van der Waals surface area contributed by atoms with Gasteiger partial charge in [-0.15, -0.1) is 0 Å². The van der Waals surface area contributed by atoms with Gasteiger partial charge in [-0.2, -0.15) is 0 Å². The molecule has 0 unspecified atom stereocenters. The van der Waals surface area contributed by atoms with Gasteiger partial charge < -0.3 is 9.64 Å². The van der Waals surface area contributed by atoms with Crippen LogP contribution in [0.4, 0.5) is 5.82 Å². The first-order valence-corrected chi connectivity index (χ1v) is 5.41. The van der Waals surface area contributed by atoms with Crippen LogP contribution in [-0.2, 0) is 16.0 Å². The highest BCUT2D eigenvalue weighted by Gasteiger charge is 2.03. The van der Waals surface area contributed by atoms with Crippen molar-refractivity contribution in [3.63, 3.8) is 0 Å². The maximum Gasteiger partial charge on any atom is 0.306 e. The molecule has 16 heavy (non-hydrogen) atoms. The number of carbonyl (C=O) groups is 1. The number of hydrogen-bond donors (Lipinski definition) is 0. The summed E-state index contributed by atoms with van der Waals surface area (Å²) in [5.41, 5.74) is 1.05. The molecule has 1 heterocycles. The fourth-order valence-electron chi connectivity index (χ4n) is 1.31. The molecule has 0 N–H and O–H groups in total. The van der Waals surface area contributed by atoms with Gasteiger partial charge in [-0.1, -0.05) is 6.07 Å². The summed E-state index contributed by atoms with van der Waals surface area (Å²) >= 11 is 0. The van der Waals surface area contributed by atoms with E-state index in [-0.39, 0.29) is 5.97 Å². The van der Waals surface area contributed by atoms with Gasteiger partial charge in [0.1, 0.15) is 5.82 Å². The van der Waals surface area contributed by atoms with Gasteiger partial charge in [0.25, 0.3) is 0 Å². The molecule has 0 amide bonds. The molecule has 4 heteroatoms. The fourth-order valence-corrected chi connectivity index (χ4v) is 1.31. The first-order chi connectivity index (χ1) is 7.63. The number of ether oxygens (including phenoxy) is 1. The van der Waals surface area contributed by atoms with E-state index in [1.54, 1.807) is 6.20 Å². The number of nitrogens with zero attached hydrogens (tertiary/aromatic N) is 2. The second-order valence-corrected chi connectivity index (χ2v) is 3.72. The molecule has 1 aromatic rings. The van der Waals surface area contributed by atoms with Gasteiger partial charge in [0.05, 0.1) is 6.61 Å². The van der Waals surface area contributed by atoms with Crippen molar-refractivity contribution >= 4 is 11.8 Å². The van der Waals surface area contributed by atoms with Crippen LogP contribution in [0.3, 0.4) is 0 Å². The van der Waals surface area contributed by atoms with E-state index in [2.05, 4.69) is 4.98 Å². The Bertz CT molecular complexity index is 333. The fraction of sp³-hybridized carbons (Fsp3) is 0.500. The summed E-state index contributed by atoms with van der Waals surface area (Å²) in [5, 5.41) is 0. The van der Waals surface area contributed by atoms with E-state index >= 15 is 0 Å². The Morgan fingerprint density at radius 2 is 2.19 bits per heavy atom. The number of carbonyl (C=O) groups excluding carboxylic acids is 1. The molecule has 0 aliphatic heterocycles. The topological polar surface area (TPSA) is 42.4 Å². The minimum atomic E-state index is -0.154. The van der Waals surface area contributed by atoms with E-state index in [4.69, 9.17) is 4.74 Å². The average molecular weight is 222 g/mol. The highest BCUT2D eigenvalue weighted by Crippen LogP contribution is 2.09. The minimum Gasteiger partial charge on any atom is -0.466 e. The van der Waals surface area contributed by atoms with Gasteiger partial charge in [0.2, 0.25) is 0 Å². The number of hydrogen-bond acceptors (Lipinski definition) is 4. The maximum absolute atomic E-state index is 11.1. The molecule has 0 saturated carbocycles. The van der Waals surface area contributed by atoms with Crippen LogP contribution >= 0.6 is 0 Å². The first-order valence-electron chi connectivity index (χ1n) is 5.41. The highest BCUT2D eigenvalue weighted by molar-refractivity contribution is 5.69. The Hall–Kier alpha value is -1.58. The number of anilines is 1. The zero-order valence-electron chi connectivity index (χ0n) is 10.1. The third-order valence-corrected chi connectivity index (χ3v) is 2.19. The molecule has 1 aromatic heterocycles. The van der Waals surface area contributed by atoms with Crippen LogP contribution in [0.2, 0.25) is 0 Å². The first kappa shape index (κ1) is 12.5. The molecule has 0 aliphatic rings. The summed E-state index contributed by atoms with van der Waals surface area (Å²) in [6, 6.07) is 3.93. The molecule has 0 spiro atoms. The van der Waals surface area contributed by atoms with E-state index in [1.165, 1.54) is 0 Å². The molecular formula is C12H18N2O2. The minimum absolute atomic E-state index is 0.154. The summed E-state index contributed by atoms with van der Waals surface area (Å²) in [6.07, 6.45) is 2.89. The van der Waals surface area contributed by atoms with Crippen molar-refractivity contribution in [3.8, 4) is 0 Å². The molecule has 4 nitrogen and oxygen atoms in total. The highest BCUT2D eigenvalue weighted by atomic mass is 16.5. The Balaban J connectivity index is 2.46. The second kappa shape index (κ2) is 6.10.